The van der Waals surface area contributed by atoms with E-state index >= 15 is 0 Å². The molecule has 1 aromatic carbocycles. The molecule has 2 aliphatic heterocycles. The minimum atomic E-state index is -0.404. The number of nitrogens with zero attached hydrogens (tertiary/aromatic N) is 5. The maximum Gasteiger partial charge on any atom is 0.328 e. The summed E-state index contributed by atoms with van der Waals surface area (Å²) < 4.78 is 9.12. The number of piperidine rings is 1. The van der Waals surface area contributed by atoms with Crippen LogP contribution < -0.4 is 16.1 Å². The number of ether oxygens (including phenoxy) is 1. The number of benzene rings is 1. The second-order valence-corrected chi connectivity index (χ2v) is 11.0. The molecule has 0 spiro atoms. The molecule has 41 heavy (non-hydrogen) atoms. The first-order valence-corrected chi connectivity index (χ1v) is 14.5. The standard InChI is InChI=1S/C30H37N7O4/c1-21-24(25-6-2-3-7-26(25)33-21)11-14-36-15-16-37(30(36)39)20-22-9-12-35(13-10-22)29-31-18-23(19-32-29)28(38)34-41-27-8-4-5-17-40-27/h2-3,6-7,15-16,18-19,22,27,33H,4-5,8-14,17,20H2,1H3,(H,34,38). The normalized spacial score (nSPS) is 18.2. The molecule has 1 amide bonds. The maximum atomic E-state index is 13.1. The number of carbonyl (C=O) groups is 1. The van der Waals surface area contributed by atoms with Gasteiger partial charge in [-0.25, -0.2) is 25.1 Å². The molecule has 11 nitrogen and oxygen atoms in total. The number of rotatable bonds is 9. The second-order valence-electron chi connectivity index (χ2n) is 11.0. The third-order valence-corrected chi connectivity index (χ3v) is 8.22. The summed E-state index contributed by atoms with van der Waals surface area (Å²) in [6.45, 7) is 5.69. The van der Waals surface area contributed by atoms with E-state index in [0.29, 0.717) is 37.1 Å². The summed E-state index contributed by atoms with van der Waals surface area (Å²) in [7, 11) is 0. The average molecular weight is 560 g/mol. The first-order valence-electron chi connectivity index (χ1n) is 14.5. The molecule has 2 aliphatic rings. The van der Waals surface area contributed by atoms with E-state index in [0.717, 1.165) is 62.8 Å². The van der Waals surface area contributed by atoms with Crippen LogP contribution in [0.15, 0.2) is 53.8 Å². The van der Waals surface area contributed by atoms with Crippen molar-refractivity contribution in [2.45, 2.75) is 64.8 Å². The van der Waals surface area contributed by atoms with Gasteiger partial charge >= 0.3 is 5.69 Å². The minimum Gasteiger partial charge on any atom is -0.358 e. The Bertz CT molecular complexity index is 1530. The van der Waals surface area contributed by atoms with E-state index in [1.165, 1.54) is 23.3 Å². The van der Waals surface area contributed by atoms with Gasteiger partial charge in [0.15, 0.2) is 6.29 Å². The van der Waals surface area contributed by atoms with Gasteiger partial charge in [0.1, 0.15) is 0 Å². The Kier molecular flexibility index (Phi) is 8.15. The molecule has 2 fully saturated rings. The average Bonchev–Trinajstić information content (AvgIpc) is 3.53. The fraction of sp³-hybridized carbons (Fsp3) is 0.467. The highest BCUT2D eigenvalue weighted by molar-refractivity contribution is 5.92. The topological polar surface area (TPSA) is 119 Å². The largest absolute Gasteiger partial charge is 0.358 e. The zero-order valence-electron chi connectivity index (χ0n) is 23.4. The van der Waals surface area contributed by atoms with Crippen molar-refractivity contribution in [3.8, 4) is 0 Å². The molecule has 1 unspecified atom stereocenters. The molecule has 216 valence electrons. The smallest absolute Gasteiger partial charge is 0.328 e. The monoisotopic (exact) mass is 559 g/mol. The number of aromatic amines is 1. The highest BCUT2D eigenvalue weighted by Crippen LogP contribution is 2.24. The number of hydrogen-bond acceptors (Lipinski definition) is 7. The lowest BCUT2D eigenvalue weighted by Crippen LogP contribution is -2.37. The van der Waals surface area contributed by atoms with Gasteiger partial charge in [-0.05, 0) is 56.6 Å². The molecular formula is C30H37N7O4. The van der Waals surface area contributed by atoms with Crippen molar-refractivity contribution in [1.29, 1.82) is 0 Å². The molecule has 0 aliphatic carbocycles. The van der Waals surface area contributed by atoms with Crippen LogP contribution in [0.3, 0.4) is 0 Å². The van der Waals surface area contributed by atoms with Crippen molar-refractivity contribution in [2.75, 3.05) is 24.6 Å². The molecule has 11 heteroatoms. The highest BCUT2D eigenvalue weighted by Gasteiger charge is 2.23. The summed E-state index contributed by atoms with van der Waals surface area (Å²) >= 11 is 0. The number of nitrogens with one attached hydrogen (secondary N) is 2. The van der Waals surface area contributed by atoms with Gasteiger partial charge in [-0.3, -0.25) is 13.9 Å². The molecule has 2 saturated heterocycles. The first kappa shape index (κ1) is 27.2. The molecule has 2 N–H and O–H groups in total. The number of H-pyrrole nitrogens is 1. The van der Waals surface area contributed by atoms with Crippen LogP contribution in [0.1, 0.15) is 53.7 Å². The first-order chi connectivity index (χ1) is 20.0. The third kappa shape index (κ3) is 6.20. The third-order valence-electron chi connectivity index (χ3n) is 8.22. The van der Waals surface area contributed by atoms with Crippen molar-refractivity contribution < 1.29 is 14.4 Å². The van der Waals surface area contributed by atoms with E-state index in [4.69, 9.17) is 9.57 Å². The van der Waals surface area contributed by atoms with Gasteiger partial charge in [0.05, 0.1) is 5.56 Å². The van der Waals surface area contributed by atoms with Gasteiger partial charge in [0.2, 0.25) is 5.95 Å². The Morgan fingerprint density at radius 1 is 1.10 bits per heavy atom. The molecule has 0 radical (unpaired) electrons. The molecule has 4 aromatic rings. The predicted octanol–water partition coefficient (Wildman–Crippen LogP) is 3.58. The van der Waals surface area contributed by atoms with Crippen molar-refractivity contribution in [2.24, 2.45) is 5.92 Å². The van der Waals surface area contributed by atoms with E-state index in [9.17, 15) is 9.59 Å². The Balaban J connectivity index is 0.981. The number of amides is 1. The van der Waals surface area contributed by atoms with Crippen LogP contribution in [0, 0.1) is 12.8 Å². The molecular weight excluding hydrogens is 522 g/mol. The van der Waals surface area contributed by atoms with Crippen LogP contribution in [-0.4, -0.2) is 56.0 Å². The summed E-state index contributed by atoms with van der Waals surface area (Å²) in [5, 5.41) is 1.23. The van der Waals surface area contributed by atoms with Gasteiger partial charge in [0.25, 0.3) is 5.91 Å². The number of aromatic nitrogens is 5. The SMILES string of the molecule is Cc1[nH]c2ccccc2c1CCn1ccn(CC2CCN(c3ncc(C(=O)NOC4CCCCO4)cn3)CC2)c1=O. The molecule has 1 atom stereocenters. The highest BCUT2D eigenvalue weighted by atomic mass is 16.8. The minimum absolute atomic E-state index is 0.0427. The summed E-state index contributed by atoms with van der Waals surface area (Å²) in [4.78, 5) is 45.2. The zero-order valence-corrected chi connectivity index (χ0v) is 23.4. The van der Waals surface area contributed by atoms with Crippen molar-refractivity contribution in [3.05, 3.63) is 76.4 Å². The zero-order chi connectivity index (χ0) is 28.2. The number of hydrogen-bond donors (Lipinski definition) is 2. The Morgan fingerprint density at radius 2 is 1.88 bits per heavy atom. The van der Waals surface area contributed by atoms with E-state index in [1.807, 2.05) is 27.6 Å². The Hall–Kier alpha value is -3.96. The molecule has 3 aromatic heterocycles. The number of para-hydroxylation sites is 1. The van der Waals surface area contributed by atoms with E-state index in [-0.39, 0.29) is 5.69 Å². The van der Waals surface area contributed by atoms with Crippen LogP contribution in [-0.2, 0) is 29.1 Å². The Morgan fingerprint density at radius 3 is 2.66 bits per heavy atom. The maximum absolute atomic E-state index is 13.1. The number of imidazole rings is 1. The van der Waals surface area contributed by atoms with Crippen LogP contribution in [0.25, 0.3) is 10.9 Å². The Labute approximate surface area is 238 Å². The van der Waals surface area contributed by atoms with Crippen LogP contribution >= 0.6 is 0 Å². The lowest BCUT2D eigenvalue weighted by atomic mass is 9.97. The molecule has 5 heterocycles. The number of hydroxylamine groups is 1. The molecule has 0 bridgehead atoms. The van der Waals surface area contributed by atoms with Crippen molar-refractivity contribution >= 4 is 22.8 Å². The van der Waals surface area contributed by atoms with E-state index < -0.39 is 12.2 Å². The predicted molar refractivity (Wildman–Crippen MR) is 155 cm³/mol. The number of aryl methyl sites for hydroxylation is 3. The van der Waals surface area contributed by atoms with E-state index in [2.05, 4.69) is 50.5 Å². The fourth-order valence-corrected chi connectivity index (χ4v) is 5.83. The van der Waals surface area contributed by atoms with Gasteiger partial charge in [0, 0.05) is 80.6 Å². The van der Waals surface area contributed by atoms with Crippen molar-refractivity contribution in [1.82, 2.24) is 29.6 Å². The van der Waals surface area contributed by atoms with Gasteiger partial charge in [-0.15, -0.1) is 0 Å². The van der Waals surface area contributed by atoms with E-state index in [1.54, 1.807) is 0 Å². The lowest BCUT2D eigenvalue weighted by Gasteiger charge is -2.32. The van der Waals surface area contributed by atoms with Crippen molar-refractivity contribution in [3.63, 3.8) is 0 Å². The van der Waals surface area contributed by atoms with Crippen LogP contribution in [0.2, 0.25) is 0 Å². The second kappa shape index (κ2) is 12.3. The number of anilines is 1. The van der Waals surface area contributed by atoms with Crippen LogP contribution in [0.5, 0.6) is 0 Å². The van der Waals surface area contributed by atoms with Gasteiger partial charge in [-0.1, -0.05) is 18.2 Å². The fourth-order valence-electron chi connectivity index (χ4n) is 5.83. The van der Waals surface area contributed by atoms with Gasteiger partial charge in [-0.2, -0.15) is 0 Å². The summed E-state index contributed by atoms with van der Waals surface area (Å²) in [5.41, 5.74) is 6.38. The molecule has 0 saturated carbocycles. The number of carbonyl (C=O) groups excluding carboxylic acids is 1. The van der Waals surface area contributed by atoms with Crippen LogP contribution in [0.4, 0.5) is 5.95 Å². The van der Waals surface area contributed by atoms with Gasteiger partial charge < -0.3 is 14.6 Å². The summed E-state index contributed by atoms with van der Waals surface area (Å²) in [6.07, 6.45) is 11.9. The molecule has 6 rings (SSSR count). The quantitative estimate of drug-likeness (QED) is 0.301. The lowest BCUT2D eigenvalue weighted by molar-refractivity contribution is -0.186. The number of fused-ring (bicyclic) bond motifs is 1. The summed E-state index contributed by atoms with van der Waals surface area (Å²) in [5.74, 6) is 0.616. The summed E-state index contributed by atoms with van der Waals surface area (Å²) in [6, 6.07) is 8.31.